The van der Waals surface area contributed by atoms with Crippen molar-refractivity contribution in [1.29, 1.82) is 0 Å². The molecule has 0 saturated carbocycles. The average molecular weight is 185 g/mol. The minimum absolute atomic E-state index is 0.0806. The van der Waals surface area contributed by atoms with E-state index >= 15 is 0 Å². The van der Waals surface area contributed by atoms with Crippen LogP contribution in [0.2, 0.25) is 0 Å². The molecular formula is C9H19N3O. The zero-order valence-electron chi connectivity index (χ0n) is 8.47. The first-order chi connectivity index (χ1) is 6.27. The Morgan fingerprint density at radius 3 is 2.54 bits per heavy atom. The molecular weight excluding hydrogens is 166 g/mol. The highest BCUT2D eigenvalue weighted by atomic mass is 16.2. The Balaban J connectivity index is 2.28. The van der Waals surface area contributed by atoms with Crippen LogP contribution in [0.25, 0.3) is 0 Å². The number of nitrogens with one attached hydrogen (secondary N) is 2. The number of amides is 2. The Hall–Kier alpha value is -0.770. The first-order valence-corrected chi connectivity index (χ1v) is 4.98. The van der Waals surface area contributed by atoms with Crippen LogP contribution in [0, 0.1) is 0 Å². The van der Waals surface area contributed by atoms with Crippen LogP contribution in [-0.4, -0.2) is 43.7 Å². The number of hydrogen-bond acceptors (Lipinski definition) is 2. The van der Waals surface area contributed by atoms with Gasteiger partial charge in [-0.2, -0.15) is 0 Å². The molecule has 0 bridgehead atoms. The molecule has 1 heterocycles. The van der Waals surface area contributed by atoms with Crippen LogP contribution in [0.5, 0.6) is 0 Å². The fourth-order valence-electron chi connectivity index (χ4n) is 1.63. The Bertz CT molecular complexity index is 164. The van der Waals surface area contributed by atoms with Gasteiger partial charge >= 0.3 is 6.03 Å². The number of piperidine rings is 1. The van der Waals surface area contributed by atoms with Crippen LogP contribution in [-0.2, 0) is 0 Å². The zero-order valence-corrected chi connectivity index (χ0v) is 8.47. The third kappa shape index (κ3) is 2.88. The predicted octanol–water partition coefficient (Wildman–Crippen LogP) is 0.400. The van der Waals surface area contributed by atoms with Gasteiger partial charge in [-0.1, -0.05) is 0 Å². The molecule has 0 aromatic carbocycles. The van der Waals surface area contributed by atoms with Crippen molar-refractivity contribution in [2.24, 2.45) is 0 Å². The quantitative estimate of drug-likeness (QED) is 0.654. The summed E-state index contributed by atoms with van der Waals surface area (Å²) in [6.45, 7) is 4.40. The van der Waals surface area contributed by atoms with Gasteiger partial charge in [0.1, 0.15) is 0 Å². The van der Waals surface area contributed by atoms with E-state index in [1.165, 1.54) is 0 Å². The first-order valence-electron chi connectivity index (χ1n) is 4.98. The highest BCUT2D eigenvalue weighted by molar-refractivity contribution is 5.74. The summed E-state index contributed by atoms with van der Waals surface area (Å²) in [5, 5.41) is 6.05. The SMILES string of the molecule is CCNC(=O)N1CCC(NC)CC1. The van der Waals surface area contributed by atoms with Crippen molar-refractivity contribution in [3.63, 3.8) is 0 Å². The third-order valence-corrected chi connectivity index (χ3v) is 2.52. The number of carbonyl (C=O) groups is 1. The normalized spacial score (nSPS) is 18.8. The van der Waals surface area contributed by atoms with Crippen molar-refractivity contribution in [1.82, 2.24) is 15.5 Å². The first kappa shape index (κ1) is 10.3. The lowest BCUT2D eigenvalue weighted by atomic mass is 10.1. The van der Waals surface area contributed by atoms with E-state index in [0.717, 1.165) is 25.9 Å². The van der Waals surface area contributed by atoms with E-state index < -0.39 is 0 Å². The predicted molar refractivity (Wildman–Crippen MR) is 52.7 cm³/mol. The van der Waals surface area contributed by atoms with Gasteiger partial charge in [-0.25, -0.2) is 4.79 Å². The van der Waals surface area contributed by atoms with Gasteiger partial charge in [0, 0.05) is 25.7 Å². The number of carbonyl (C=O) groups excluding carboxylic acids is 1. The second-order valence-electron chi connectivity index (χ2n) is 3.39. The Morgan fingerprint density at radius 2 is 2.08 bits per heavy atom. The molecule has 1 aliphatic heterocycles. The fraction of sp³-hybridized carbons (Fsp3) is 0.889. The smallest absolute Gasteiger partial charge is 0.317 e. The summed E-state index contributed by atoms with van der Waals surface area (Å²) in [4.78, 5) is 13.3. The average Bonchev–Trinajstić information content (AvgIpc) is 2.18. The molecule has 1 fully saturated rings. The van der Waals surface area contributed by atoms with Crippen LogP contribution >= 0.6 is 0 Å². The van der Waals surface area contributed by atoms with E-state index in [4.69, 9.17) is 0 Å². The van der Waals surface area contributed by atoms with E-state index in [1.54, 1.807) is 0 Å². The number of urea groups is 1. The minimum Gasteiger partial charge on any atom is -0.338 e. The number of nitrogens with zero attached hydrogens (tertiary/aromatic N) is 1. The summed E-state index contributed by atoms with van der Waals surface area (Å²) in [5.74, 6) is 0. The van der Waals surface area contributed by atoms with Crippen LogP contribution in [0.4, 0.5) is 4.79 Å². The summed E-state index contributed by atoms with van der Waals surface area (Å²) in [6.07, 6.45) is 2.13. The molecule has 1 saturated heterocycles. The molecule has 0 aromatic rings. The maximum absolute atomic E-state index is 11.4. The molecule has 1 rings (SSSR count). The topological polar surface area (TPSA) is 44.4 Å². The summed E-state index contributed by atoms with van der Waals surface area (Å²) < 4.78 is 0. The summed E-state index contributed by atoms with van der Waals surface area (Å²) in [7, 11) is 1.98. The zero-order chi connectivity index (χ0) is 9.68. The van der Waals surface area contributed by atoms with Gasteiger partial charge in [-0.05, 0) is 26.8 Å². The van der Waals surface area contributed by atoms with Gasteiger partial charge < -0.3 is 15.5 Å². The molecule has 0 atom stereocenters. The number of hydrogen-bond donors (Lipinski definition) is 2. The molecule has 13 heavy (non-hydrogen) atoms. The molecule has 4 heteroatoms. The van der Waals surface area contributed by atoms with E-state index in [2.05, 4.69) is 10.6 Å². The minimum atomic E-state index is 0.0806. The van der Waals surface area contributed by atoms with Crippen molar-refractivity contribution in [3.8, 4) is 0 Å². The lowest BCUT2D eigenvalue weighted by Crippen LogP contribution is -2.47. The summed E-state index contributed by atoms with van der Waals surface area (Å²) >= 11 is 0. The van der Waals surface area contributed by atoms with Gasteiger partial charge in [0.05, 0.1) is 0 Å². The van der Waals surface area contributed by atoms with Crippen molar-refractivity contribution < 1.29 is 4.79 Å². The van der Waals surface area contributed by atoms with E-state index in [9.17, 15) is 4.79 Å². The number of rotatable bonds is 2. The maximum Gasteiger partial charge on any atom is 0.317 e. The van der Waals surface area contributed by atoms with Crippen molar-refractivity contribution in [3.05, 3.63) is 0 Å². The number of likely N-dealkylation sites (tertiary alicyclic amines) is 1. The van der Waals surface area contributed by atoms with E-state index in [-0.39, 0.29) is 6.03 Å². The largest absolute Gasteiger partial charge is 0.338 e. The van der Waals surface area contributed by atoms with Crippen LogP contribution in [0.1, 0.15) is 19.8 Å². The molecule has 2 N–H and O–H groups in total. The molecule has 76 valence electrons. The third-order valence-electron chi connectivity index (χ3n) is 2.52. The van der Waals surface area contributed by atoms with E-state index in [0.29, 0.717) is 12.6 Å². The lowest BCUT2D eigenvalue weighted by Gasteiger charge is -2.31. The van der Waals surface area contributed by atoms with Gasteiger partial charge in [-0.15, -0.1) is 0 Å². The van der Waals surface area contributed by atoms with Crippen molar-refractivity contribution in [2.45, 2.75) is 25.8 Å². The highest BCUT2D eigenvalue weighted by Gasteiger charge is 2.20. The summed E-state index contributed by atoms with van der Waals surface area (Å²) in [5.41, 5.74) is 0. The second kappa shape index (κ2) is 5.07. The summed E-state index contributed by atoms with van der Waals surface area (Å²) in [6, 6.07) is 0.669. The monoisotopic (exact) mass is 185 g/mol. The van der Waals surface area contributed by atoms with Crippen LogP contribution in [0.3, 0.4) is 0 Å². The van der Waals surface area contributed by atoms with Gasteiger partial charge in [0.2, 0.25) is 0 Å². The maximum atomic E-state index is 11.4. The van der Waals surface area contributed by atoms with Crippen molar-refractivity contribution >= 4 is 6.03 Å². The highest BCUT2D eigenvalue weighted by Crippen LogP contribution is 2.09. The van der Waals surface area contributed by atoms with Gasteiger partial charge in [0.25, 0.3) is 0 Å². The van der Waals surface area contributed by atoms with Gasteiger partial charge in [0.15, 0.2) is 0 Å². The van der Waals surface area contributed by atoms with E-state index in [1.807, 2.05) is 18.9 Å². The second-order valence-corrected chi connectivity index (χ2v) is 3.39. The molecule has 0 aliphatic carbocycles. The fourth-order valence-corrected chi connectivity index (χ4v) is 1.63. The molecule has 0 spiro atoms. The van der Waals surface area contributed by atoms with Crippen molar-refractivity contribution in [2.75, 3.05) is 26.7 Å². The van der Waals surface area contributed by atoms with Crippen LogP contribution in [0.15, 0.2) is 0 Å². The molecule has 0 unspecified atom stereocenters. The molecule has 2 amide bonds. The standard InChI is InChI=1S/C9H19N3O/c1-3-11-9(13)12-6-4-8(10-2)5-7-12/h8,10H,3-7H2,1-2H3,(H,11,13). The Kier molecular flexibility index (Phi) is 4.02. The van der Waals surface area contributed by atoms with Gasteiger partial charge in [-0.3, -0.25) is 0 Å². The van der Waals surface area contributed by atoms with Crippen LogP contribution < -0.4 is 10.6 Å². The molecule has 1 aliphatic rings. The molecule has 0 aromatic heterocycles. The Morgan fingerprint density at radius 1 is 1.46 bits per heavy atom. The lowest BCUT2D eigenvalue weighted by molar-refractivity contribution is 0.178. The Labute approximate surface area is 79.7 Å². The molecule has 4 nitrogen and oxygen atoms in total. The molecule has 0 radical (unpaired) electrons.